The van der Waals surface area contributed by atoms with Gasteiger partial charge in [-0.2, -0.15) is 5.10 Å². The van der Waals surface area contributed by atoms with E-state index in [9.17, 15) is 0 Å². The molecule has 0 spiro atoms. The fraction of sp³-hybridized carbons (Fsp3) is 0.545. The van der Waals surface area contributed by atoms with Crippen LogP contribution in [-0.2, 0) is 4.74 Å². The molecule has 2 N–H and O–H groups in total. The van der Waals surface area contributed by atoms with Crippen molar-refractivity contribution in [3.63, 3.8) is 0 Å². The summed E-state index contributed by atoms with van der Waals surface area (Å²) in [5.41, 5.74) is 6.81. The summed E-state index contributed by atoms with van der Waals surface area (Å²) in [5, 5.41) is 4.27. The number of rotatable bonds is 3. The Balaban J connectivity index is 2.08. The molecular weight excluding hydrogens is 190 g/mol. The summed E-state index contributed by atoms with van der Waals surface area (Å²) in [6.07, 6.45) is 8.91. The quantitative estimate of drug-likeness (QED) is 0.768. The number of aromatic nitrogens is 2. The molecule has 1 fully saturated rings. The third-order valence-electron chi connectivity index (χ3n) is 2.71. The molecule has 2 unspecified atom stereocenters. The van der Waals surface area contributed by atoms with Crippen LogP contribution in [0.5, 0.6) is 0 Å². The molecule has 0 bridgehead atoms. The van der Waals surface area contributed by atoms with E-state index in [-0.39, 0.29) is 12.3 Å². The Morgan fingerprint density at radius 2 is 2.53 bits per heavy atom. The summed E-state index contributed by atoms with van der Waals surface area (Å²) < 4.78 is 7.48. The van der Waals surface area contributed by atoms with E-state index in [1.165, 1.54) is 6.42 Å². The highest BCUT2D eigenvalue weighted by Crippen LogP contribution is 2.22. The van der Waals surface area contributed by atoms with E-state index in [0.29, 0.717) is 0 Å². The number of ether oxygens (including phenoxy) is 1. The lowest BCUT2D eigenvalue weighted by Gasteiger charge is -2.22. The maximum atomic E-state index is 5.82. The standard InChI is InChI=1S/C11H17N3O/c1-2-10(12)9-7-13-14(8-9)11-5-3-4-6-15-11/h2,7-8,10-11H,1,3-6,12H2. The molecule has 0 amide bonds. The van der Waals surface area contributed by atoms with Crippen LogP contribution in [0.15, 0.2) is 25.0 Å². The third-order valence-corrected chi connectivity index (χ3v) is 2.71. The van der Waals surface area contributed by atoms with Crippen LogP contribution in [0.25, 0.3) is 0 Å². The van der Waals surface area contributed by atoms with Crippen molar-refractivity contribution in [2.24, 2.45) is 5.73 Å². The van der Waals surface area contributed by atoms with Gasteiger partial charge in [-0.3, -0.25) is 0 Å². The van der Waals surface area contributed by atoms with E-state index in [1.54, 1.807) is 12.3 Å². The normalized spacial score (nSPS) is 23.7. The first kappa shape index (κ1) is 10.4. The largest absolute Gasteiger partial charge is 0.357 e. The Bertz CT molecular complexity index is 328. The molecular formula is C11H17N3O. The van der Waals surface area contributed by atoms with E-state index in [0.717, 1.165) is 25.0 Å². The van der Waals surface area contributed by atoms with Gasteiger partial charge in [-0.1, -0.05) is 6.08 Å². The second kappa shape index (κ2) is 4.59. The SMILES string of the molecule is C=CC(N)c1cnn(C2CCCCO2)c1. The van der Waals surface area contributed by atoms with Crippen molar-refractivity contribution < 1.29 is 4.74 Å². The van der Waals surface area contributed by atoms with Gasteiger partial charge in [0.2, 0.25) is 0 Å². The molecule has 1 aromatic rings. The number of nitrogens with two attached hydrogens (primary N) is 1. The van der Waals surface area contributed by atoms with Crippen molar-refractivity contribution in [3.05, 3.63) is 30.6 Å². The lowest BCUT2D eigenvalue weighted by molar-refractivity contribution is -0.0395. The molecule has 2 heterocycles. The summed E-state index contributed by atoms with van der Waals surface area (Å²) in [5.74, 6) is 0. The van der Waals surface area contributed by atoms with Crippen LogP contribution >= 0.6 is 0 Å². The van der Waals surface area contributed by atoms with Crippen LogP contribution in [0.3, 0.4) is 0 Å². The molecule has 0 aliphatic carbocycles. The highest BCUT2D eigenvalue weighted by molar-refractivity contribution is 5.14. The van der Waals surface area contributed by atoms with Crippen LogP contribution in [-0.4, -0.2) is 16.4 Å². The zero-order valence-corrected chi connectivity index (χ0v) is 8.80. The highest BCUT2D eigenvalue weighted by atomic mass is 16.5. The average Bonchev–Trinajstić information content (AvgIpc) is 2.78. The Morgan fingerprint density at radius 1 is 1.67 bits per heavy atom. The molecule has 0 aromatic carbocycles. The minimum absolute atomic E-state index is 0.0875. The fourth-order valence-corrected chi connectivity index (χ4v) is 1.75. The van der Waals surface area contributed by atoms with Crippen molar-refractivity contribution in [3.8, 4) is 0 Å². The predicted molar refractivity (Wildman–Crippen MR) is 58.2 cm³/mol. The average molecular weight is 207 g/mol. The summed E-state index contributed by atoms with van der Waals surface area (Å²) >= 11 is 0. The van der Waals surface area contributed by atoms with Crippen LogP contribution in [0.2, 0.25) is 0 Å². The molecule has 4 nitrogen and oxygen atoms in total. The topological polar surface area (TPSA) is 53.1 Å². The molecule has 2 atom stereocenters. The zero-order valence-electron chi connectivity index (χ0n) is 8.80. The van der Waals surface area contributed by atoms with Gasteiger partial charge in [-0.25, -0.2) is 4.68 Å². The lowest BCUT2D eigenvalue weighted by Crippen LogP contribution is -2.18. The van der Waals surface area contributed by atoms with Crippen molar-refractivity contribution >= 4 is 0 Å². The maximum absolute atomic E-state index is 5.82. The molecule has 4 heteroatoms. The highest BCUT2D eigenvalue weighted by Gasteiger charge is 2.17. The molecule has 1 aliphatic rings. The number of hydrogen-bond acceptors (Lipinski definition) is 3. The van der Waals surface area contributed by atoms with Crippen LogP contribution in [0, 0.1) is 0 Å². The fourth-order valence-electron chi connectivity index (χ4n) is 1.75. The molecule has 1 saturated heterocycles. The van der Waals surface area contributed by atoms with Crippen LogP contribution in [0.4, 0.5) is 0 Å². The third kappa shape index (κ3) is 2.27. The van der Waals surface area contributed by atoms with Gasteiger partial charge in [0.15, 0.2) is 0 Å². The zero-order chi connectivity index (χ0) is 10.7. The summed E-state index contributed by atoms with van der Waals surface area (Å²) in [7, 11) is 0. The van der Waals surface area contributed by atoms with Gasteiger partial charge in [-0.15, -0.1) is 6.58 Å². The second-order valence-corrected chi connectivity index (χ2v) is 3.84. The Morgan fingerprint density at radius 3 is 3.20 bits per heavy atom. The first-order valence-electron chi connectivity index (χ1n) is 5.35. The van der Waals surface area contributed by atoms with E-state index in [1.807, 2.05) is 10.9 Å². The van der Waals surface area contributed by atoms with Gasteiger partial charge in [0, 0.05) is 18.4 Å². The van der Waals surface area contributed by atoms with Gasteiger partial charge in [0.1, 0.15) is 6.23 Å². The predicted octanol–water partition coefficient (Wildman–Crippen LogP) is 1.77. The van der Waals surface area contributed by atoms with Gasteiger partial charge >= 0.3 is 0 Å². The summed E-state index contributed by atoms with van der Waals surface area (Å²) in [6.45, 7) is 4.49. The molecule has 82 valence electrons. The van der Waals surface area contributed by atoms with Crippen molar-refractivity contribution in [2.45, 2.75) is 31.5 Å². The molecule has 2 rings (SSSR count). The molecule has 0 radical (unpaired) electrons. The van der Waals surface area contributed by atoms with Crippen LogP contribution in [0.1, 0.15) is 37.1 Å². The van der Waals surface area contributed by atoms with Crippen molar-refractivity contribution in [2.75, 3.05) is 6.61 Å². The van der Waals surface area contributed by atoms with Gasteiger partial charge in [0.05, 0.1) is 12.2 Å². The minimum Gasteiger partial charge on any atom is -0.357 e. The monoisotopic (exact) mass is 207 g/mol. The number of hydrogen-bond donors (Lipinski definition) is 1. The Labute approximate surface area is 89.7 Å². The van der Waals surface area contributed by atoms with E-state index in [4.69, 9.17) is 10.5 Å². The van der Waals surface area contributed by atoms with Gasteiger partial charge in [-0.05, 0) is 19.3 Å². The van der Waals surface area contributed by atoms with Gasteiger partial charge < -0.3 is 10.5 Å². The minimum atomic E-state index is -0.137. The summed E-state index contributed by atoms with van der Waals surface area (Å²) in [6, 6.07) is -0.137. The van der Waals surface area contributed by atoms with E-state index >= 15 is 0 Å². The first-order chi connectivity index (χ1) is 7.31. The Kier molecular flexibility index (Phi) is 3.18. The molecule has 0 saturated carbocycles. The second-order valence-electron chi connectivity index (χ2n) is 3.84. The van der Waals surface area contributed by atoms with E-state index < -0.39 is 0 Å². The molecule has 15 heavy (non-hydrogen) atoms. The van der Waals surface area contributed by atoms with Gasteiger partial charge in [0.25, 0.3) is 0 Å². The Hall–Kier alpha value is -1.13. The molecule has 1 aliphatic heterocycles. The first-order valence-corrected chi connectivity index (χ1v) is 5.35. The van der Waals surface area contributed by atoms with Crippen molar-refractivity contribution in [1.82, 2.24) is 9.78 Å². The van der Waals surface area contributed by atoms with Crippen molar-refractivity contribution in [1.29, 1.82) is 0 Å². The number of nitrogens with zero attached hydrogens (tertiary/aromatic N) is 2. The summed E-state index contributed by atoms with van der Waals surface area (Å²) in [4.78, 5) is 0. The maximum Gasteiger partial charge on any atom is 0.150 e. The van der Waals surface area contributed by atoms with Crippen LogP contribution < -0.4 is 5.73 Å². The lowest BCUT2D eigenvalue weighted by atomic mass is 10.2. The smallest absolute Gasteiger partial charge is 0.150 e. The van der Waals surface area contributed by atoms with E-state index in [2.05, 4.69) is 11.7 Å². The molecule has 1 aromatic heterocycles.